The van der Waals surface area contributed by atoms with Crippen LogP contribution in [0.3, 0.4) is 0 Å². The average molecular weight is 1560 g/mol. The van der Waals surface area contributed by atoms with E-state index < -0.39 is 91.5 Å². The number of aliphatic hydroxyl groups is 2. The second kappa shape index (κ2) is 81.9. The van der Waals surface area contributed by atoms with Crippen molar-refractivity contribution in [3.63, 3.8) is 0 Å². The summed E-state index contributed by atoms with van der Waals surface area (Å²) in [6, 6.07) is 0. The maximum atomic E-state index is 13.0. The molecule has 0 aliphatic heterocycles. The van der Waals surface area contributed by atoms with Gasteiger partial charge in [-0.2, -0.15) is 0 Å². The smallest absolute Gasteiger partial charge is 0.463 e. The van der Waals surface area contributed by atoms with Crippen LogP contribution in [0.1, 0.15) is 303 Å². The van der Waals surface area contributed by atoms with E-state index in [4.69, 9.17) is 32.3 Å². The number of unbranched alkanes of at least 4 members (excludes halogenated alkanes) is 22. The first-order chi connectivity index (χ1) is 53.2. The predicted molar refractivity (Wildman–Crippen MR) is 454 cm³/mol. The highest BCUT2D eigenvalue weighted by Crippen LogP contribution is 2.45. The summed E-state index contributed by atoms with van der Waals surface area (Å²) in [6.07, 6.45) is 108. The van der Waals surface area contributed by atoms with Gasteiger partial charge in [0, 0.05) is 19.3 Å². The molecule has 4 N–H and O–H groups in total. The highest BCUT2D eigenvalue weighted by atomic mass is 31.2. The van der Waals surface area contributed by atoms with Gasteiger partial charge in [0.25, 0.3) is 0 Å². The fourth-order valence-electron chi connectivity index (χ4n) is 10.5. The summed E-state index contributed by atoms with van der Waals surface area (Å²) in [4.78, 5) is 58.8. The van der Waals surface area contributed by atoms with Crippen LogP contribution in [0.15, 0.2) is 194 Å². The van der Waals surface area contributed by atoms with Gasteiger partial charge < -0.3 is 34.2 Å². The van der Waals surface area contributed by atoms with Crippen molar-refractivity contribution in [1.29, 1.82) is 0 Å². The third-order valence-electron chi connectivity index (χ3n) is 16.8. The van der Waals surface area contributed by atoms with E-state index in [2.05, 4.69) is 215 Å². The summed E-state index contributed by atoms with van der Waals surface area (Å²) < 4.78 is 61.2. The molecule has 16 nitrogen and oxygen atoms in total. The zero-order valence-electron chi connectivity index (χ0n) is 67.6. The fourth-order valence-corrected chi connectivity index (χ4v) is 12.1. The van der Waals surface area contributed by atoms with Crippen LogP contribution >= 0.6 is 15.6 Å². The van der Waals surface area contributed by atoms with Gasteiger partial charge in [-0.3, -0.25) is 32.5 Å². The maximum Gasteiger partial charge on any atom is 0.472 e. The van der Waals surface area contributed by atoms with Gasteiger partial charge in [0.05, 0.1) is 26.4 Å². The molecular weight excluding hydrogens is 1410 g/mol. The molecule has 0 spiro atoms. The lowest BCUT2D eigenvalue weighted by atomic mass is 10.1. The van der Waals surface area contributed by atoms with Crippen molar-refractivity contribution in [1.82, 2.24) is 0 Å². The molecule has 0 saturated carbocycles. The number of hydrogen-bond acceptors (Lipinski definition) is 14. The van der Waals surface area contributed by atoms with Crippen LogP contribution in [0.5, 0.6) is 0 Å². The number of aliphatic hydroxyl groups excluding tert-OH is 2. The number of esters is 3. The second-order valence-electron chi connectivity index (χ2n) is 27.2. The lowest BCUT2D eigenvalue weighted by molar-refractivity contribution is -0.161. The highest BCUT2D eigenvalue weighted by molar-refractivity contribution is 7.47. The first kappa shape index (κ1) is 103. The molecule has 0 radical (unpaired) electrons. The standard InChI is InChI=1S/C91H148O16P2/c1-4-7-10-13-16-19-22-25-28-31-34-37-39-40-41-42-43-44-46-49-50-53-56-59-62-65-68-71-74-77-89(94)101-80-86(92)81-103-108(97,98)104-82-87(93)83-105-109(99,100)106-85-88(107-91(96)79-76-73-70-67-64-61-58-55-52-47-36-33-30-27-24-21-18-15-12-9-6-3)84-102-90(95)78-75-72-69-66-63-60-57-54-51-48-45-38-35-32-29-26-23-20-17-14-11-8-5-2/h7,9-10,12,16-21,25-30,34-38,40-41,43-44,47-48,51,55,58,64,67,86-88,92-93H,4-6,8,11,13-15,22-24,31-33,39,42,45-46,49-50,52-54,56-57,59-63,65-66,68-85H2,1-3H3,(H,97,98)(H,99,100)/b10-7-,12-9-,19-16-,20-17-,21-18-,28-25-,29-26-,30-27-,37-34-,38-35-,41-40-,44-43-,47-36-,51-48-,58-55-,67-64-. The third kappa shape index (κ3) is 83.2. The third-order valence-corrected chi connectivity index (χ3v) is 18.7. The summed E-state index contributed by atoms with van der Waals surface area (Å²) >= 11 is 0. The van der Waals surface area contributed by atoms with Crippen LogP contribution in [0.25, 0.3) is 0 Å². The number of phosphoric ester groups is 2. The van der Waals surface area contributed by atoms with E-state index >= 15 is 0 Å². The summed E-state index contributed by atoms with van der Waals surface area (Å²) in [7, 11) is -9.83. The van der Waals surface area contributed by atoms with E-state index in [9.17, 15) is 43.5 Å². The zero-order valence-corrected chi connectivity index (χ0v) is 69.4. The van der Waals surface area contributed by atoms with Crippen LogP contribution in [0.2, 0.25) is 0 Å². The van der Waals surface area contributed by atoms with Gasteiger partial charge in [0.1, 0.15) is 25.4 Å². The highest BCUT2D eigenvalue weighted by Gasteiger charge is 2.29. The summed E-state index contributed by atoms with van der Waals surface area (Å²) in [5, 5.41) is 20.7. The minimum atomic E-state index is -4.96. The molecule has 0 aromatic rings. The quantitative estimate of drug-likeness (QED) is 0.0146. The van der Waals surface area contributed by atoms with Gasteiger partial charge in [-0.1, -0.05) is 312 Å². The lowest BCUT2D eigenvalue weighted by Gasteiger charge is -2.21. The Kier molecular flexibility index (Phi) is 77.7. The fraction of sp³-hybridized carbons (Fsp3) is 0.615. The van der Waals surface area contributed by atoms with Crippen LogP contribution in [-0.4, -0.2) is 95.9 Å². The average Bonchev–Trinajstić information content (AvgIpc) is 0.905. The number of phosphoric acid groups is 2. The van der Waals surface area contributed by atoms with Gasteiger partial charge in [-0.15, -0.1) is 0 Å². The van der Waals surface area contributed by atoms with Crippen molar-refractivity contribution in [2.45, 2.75) is 322 Å². The Balaban J connectivity index is 4.70. The molecule has 0 aliphatic rings. The predicted octanol–water partition coefficient (Wildman–Crippen LogP) is 25.1. The van der Waals surface area contributed by atoms with Crippen LogP contribution in [-0.2, 0) is 55.8 Å². The number of carbonyl (C=O) groups is 3. The molecule has 0 bridgehead atoms. The number of hydrogen-bond donors (Lipinski definition) is 4. The SMILES string of the molecule is CC/C=C\C/C=C\C/C=C\C/C=C\C/C=C\C/C=C\CCCCCCCCCCCCC(=O)OCC(O)COP(=O)(O)OCC(O)COP(=O)(O)OCC(COC(=O)CCCCCCCCC/C=C\C/C=C\C/C=C\C/C=C\CCCCC)OC(=O)CCCC/C=C\C/C=C\C/C=C\C/C=C\C/C=C\C/C=C\CC. The van der Waals surface area contributed by atoms with Crippen molar-refractivity contribution in [3.05, 3.63) is 194 Å². The first-order valence-corrected chi connectivity index (χ1v) is 44.7. The van der Waals surface area contributed by atoms with Gasteiger partial charge in [0.15, 0.2) is 6.10 Å². The summed E-state index contributed by atoms with van der Waals surface area (Å²) in [6.45, 7) is 2.35. The molecule has 0 aromatic carbocycles. The van der Waals surface area contributed by atoms with Crippen LogP contribution in [0.4, 0.5) is 0 Å². The second-order valence-corrected chi connectivity index (χ2v) is 30.1. The molecule has 0 amide bonds. The van der Waals surface area contributed by atoms with Crippen LogP contribution < -0.4 is 0 Å². The van der Waals surface area contributed by atoms with E-state index in [1.807, 2.05) is 0 Å². The molecule has 109 heavy (non-hydrogen) atoms. The molecule has 0 fully saturated rings. The Labute approximate surface area is 661 Å². The Hall–Kier alpha value is -5.61. The van der Waals surface area contributed by atoms with Gasteiger partial charge in [0.2, 0.25) is 0 Å². The maximum absolute atomic E-state index is 13.0. The van der Waals surface area contributed by atoms with Crippen molar-refractivity contribution >= 4 is 33.6 Å². The van der Waals surface area contributed by atoms with Gasteiger partial charge in [-0.05, 0) is 167 Å². The van der Waals surface area contributed by atoms with Crippen molar-refractivity contribution in [2.75, 3.05) is 39.6 Å². The number of rotatable bonds is 77. The van der Waals surface area contributed by atoms with Crippen molar-refractivity contribution in [3.8, 4) is 0 Å². The number of carbonyl (C=O) groups excluding carboxylic acids is 3. The van der Waals surface area contributed by atoms with E-state index in [0.717, 1.165) is 180 Å². The van der Waals surface area contributed by atoms with E-state index in [0.29, 0.717) is 25.7 Å². The molecule has 0 aromatic heterocycles. The van der Waals surface area contributed by atoms with Crippen LogP contribution in [0, 0.1) is 0 Å². The molecule has 0 heterocycles. The molecule has 5 unspecified atom stereocenters. The number of allylic oxidation sites excluding steroid dienone is 32. The first-order valence-electron chi connectivity index (χ1n) is 41.7. The number of ether oxygens (including phenoxy) is 3. The Morgan fingerprint density at radius 3 is 0.789 bits per heavy atom. The molecule has 18 heteroatoms. The van der Waals surface area contributed by atoms with Gasteiger partial charge >= 0.3 is 33.6 Å². The molecule has 5 atom stereocenters. The van der Waals surface area contributed by atoms with E-state index in [1.54, 1.807) is 0 Å². The summed E-state index contributed by atoms with van der Waals surface area (Å²) in [5.41, 5.74) is 0. The topological polar surface area (TPSA) is 231 Å². The molecule has 0 aliphatic carbocycles. The Bertz CT molecular complexity index is 2760. The minimum absolute atomic E-state index is 0.0394. The van der Waals surface area contributed by atoms with E-state index in [-0.39, 0.29) is 19.3 Å². The molecule has 0 saturated heterocycles. The van der Waals surface area contributed by atoms with Crippen molar-refractivity contribution in [2.24, 2.45) is 0 Å². The zero-order chi connectivity index (χ0) is 79.4. The lowest BCUT2D eigenvalue weighted by Crippen LogP contribution is -2.30. The molecule has 0 rings (SSSR count). The van der Waals surface area contributed by atoms with Gasteiger partial charge in [-0.25, -0.2) is 9.13 Å². The monoisotopic (exact) mass is 1560 g/mol. The Morgan fingerprint density at radius 1 is 0.266 bits per heavy atom. The van der Waals surface area contributed by atoms with E-state index in [1.165, 1.54) is 57.8 Å². The molecule has 618 valence electrons. The van der Waals surface area contributed by atoms with Crippen molar-refractivity contribution < 1.29 is 75.8 Å². The normalized spacial score (nSPS) is 14.9. The minimum Gasteiger partial charge on any atom is -0.463 e. The Morgan fingerprint density at radius 2 is 0.486 bits per heavy atom. The molecular formula is C91H148O16P2. The summed E-state index contributed by atoms with van der Waals surface area (Å²) in [5.74, 6) is -1.65. The largest absolute Gasteiger partial charge is 0.472 e.